The number of alkyl halides is 1. The number of hydrogen-bond donors (Lipinski definition) is 0. The Bertz CT molecular complexity index is 520. The lowest BCUT2D eigenvalue weighted by Crippen LogP contribution is -2.19. The SMILES string of the molecule is ClC(c1cnn(-c2ccccc2)c1)C1CCOCC1. The molecule has 0 aliphatic carbocycles. The fourth-order valence-corrected chi connectivity index (χ4v) is 2.85. The van der Waals surface area contributed by atoms with Crippen LogP contribution < -0.4 is 0 Å². The lowest BCUT2D eigenvalue weighted by Gasteiger charge is -2.25. The molecule has 3 nitrogen and oxygen atoms in total. The van der Waals surface area contributed by atoms with Gasteiger partial charge in [0.05, 0.1) is 17.3 Å². The maximum Gasteiger partial charge on any atom is 0.0646 e. The lowest BCUT2D eigenvalue weighted by molar-refractivity contribution is 0.0651. The van der Waals surface area contributed by atoms with Crippen molar-refractivity contribution < 1.29 is 4.74 Å². The average molecular weight is 277 g/mol. The van der Waals surface area contributed by atoms with Crippen LogP contribution in [0.15, 0.2) is 42.7 Å². The van der Waals surface area contributed by atoms with E-state index in [1.165, 1.54) is 0 Å². The highest BCUT2D eigenvalue weighted by Crippen LogP contribution is 2.35. The molecule has 0 spiro atoms. The highest BCUT2D eigenvalue weighted by molar-refractivity contribution is 6.21. The van der Waals surface area contributed by atoms with Gasteiger partial charge in [0.1, 0.15) is 0 Å². The Morgan fingerprint density at radius 1 is 1.21 bits per heavy atom. The Morgan fingerprint density at radius 2 is 1.95 bits per heavy atom. The number of hydrogen-bond acceptors (Lipinski definition) is 2. The van der Waals surface area contributed by atoms with Crippen molar-refractivity contribution in [2.45, 2.75) is 18.2 Å². The van der Waals surface area contributed by atoms with E-state index in [1.54, 1.807) is 0 Å². The highest BCUT2D eigenvalue weighted by atomic mass is 35.5. The van der Waals surface area contributed by atoms with E-state index < -0.39 is 0 Å². The molecule has 3 rings (SSSR count). The van der Waals surface area contributed by atoms with Crippen LogP contribution in [0.25, 0.3) is 5.69 Å². The van der Waals surface area contributed by atoms with Crippen molar-refractivity contribution in [3.63, 3.8) is 0 Å². The van der Waals surface area contributed by atoms with Gasteiger partial charge in [-0.2, -0.15) is 5.10 Å². The minimum Gasteiger partial charge on any atom is -0.381 e. The van der Waals surface area contributed by atoms with Gasteiger partial charge in [-0.25, -0.2) is 4.68 Å². The van der Waals surface area contributed by atoms with Gasteiger partial charge in [0, 0.05) is 25.0 Å². The van der Waals surface area contributed by atoms with Crippen LogP contribution in [0.4, 0.5) is 0 Å². The van der Waals surface area contributed by atoms with Crippen LogP contribution in [0.5, 0.6) is 0 Å². The zero-order valence-electron chi connectivity index (χ0n) is 10.7. The average Bonchev–Trinajstić information content (AvgIpc) is 2.98. The molecular formula is C15H17ClN2O. The van der Waals surface area contributed by atoms with E-state index in [2.05, 4.69) is 5.10 Å². The van der Waals surface area contributed by atoms with Crippen molar-refractivity contribution in [1.29, 1.82) is 0 Å². The summed E-state index contributed by atoms with van der Waals surface area (Å²) in [6.45, 7) is 1.64. The molecule has 0 radical (unpaired) electrons. The second-order valence-corrected chi connectivity index (χ2v) is 5.38. The summed E-state index contributed by atoms with van der Waals surface area (Å²) in [4.78, 5) is 0. The monoisotopic (exact) mass is 276 g/mol. The van der Waals surface area contributed by atoms with Gasteiger partial charge in [0.15, 0.2) is 0 Å². The first-order valence-corrected chi connectivity index (χ1v) is 7.10. The largest absolute Gasteiger partial charge is 0.381 e. The molecule has 1 saturated heterocycles. The van der Waals surface area contributed by atoms with Crippen molar-refractivity contribution in [3.05, 3.63) is 48.3 Å². The topological polar surface area (TPSA) is 27.1 Å². The number of halogens is 1. The Morgan fingerprint density at radius 3 is 2.68 bits per heavy atom. The first kappa shape index (κ1) is 12.7. The van der Waals surface area contributed by atoms with Crippen molar-refractivity contribution in [3.8, 4) is 5.69 Å². The van der Waals surface area contributed by atoms with E-state index in [0.717, 1.165) is 37.3 Å². The van der Waals surface area contributed by atoms with Crippen LogP contribution in [0.3, 0.4) is 0 Å². The van der Waals surface area contributed by atoms with Gasteiger partial charge in [0.25, 0.3) is 0 Å². The third-order valence-electron chi connectivity index (χ3n) is 3.62. The van der Waals surface area contributed by atoms with E-state index in [4.69, 9.17) is 16.3 Å². The predicted molar refractivity (Wildman–Crippen MR) is 75.7 cm³/mol. The Hall–Kier alpha value is -1.32. The number of ether oxygens (including phenoxy) is 1. The predicted octanol–water partition coefficient (Wildman–Crippen LogP) is 3.58. The first-order chi connectivity index (χ1) is 9.34. The fourth-order valence-electron chi connectivity index (χ4n) is 2.48. The van der Waals surface area contributed by atoms with E-state index in [9.17, 15) is 0 Å². The molecule has 1 unspecified atom stereocenters. The van der Waals surface area contributed by atoms with E-state index in [0.29, 0.717) is 5.92 Å². The summed E-state index contributed by atoms with van der Waals surface area (Å²) in [5, 5.41) is 4.43. The van der Waals surface area contributed by atoms with Crippen LogP contribution >= 0.6 is 11.6 Å². The van der Waals surface area contributed by atoms with Gasteiger partial charge in [-0.1, -0.05) is 18.2 Å². The molecule has 0 saturated carbocycles. The Balaban J connectivity index is 1.77. The van der Waals surface area contributed by atoms with Crippen LogP contribution in [-0.4, -0.2) is 23.0 Å². The summed E-state index contributed by atoms with van der Waals surface area (Å²) in [5.41, 5.74) is 2.15. The van der Waals surface area contributed by atoms with Crippen LogP contribution in [0.2, 0.25) is 0 Å². The van der Waals surface area contributed by atoms with E-state index in [-0.39, 0.29) is 5.38 Å². The van der Waals surface area contributed by atoms with E-state index in [1.807, 2.05) is 47.4 Å². The molecule has 19 heavy (non-hydrogen) atoms. The maximum atomic E-state index is 6.58. The number of para-hydroxylation sites is 1. The van der Waals surface area contributed by atoms with Crippen LogP contribution in [0.1, 0.15) is 23.8 Å². The van der Waals surface area contributed by atoms with Crippen LogP contribution in [-0.2, 0) is 4.74 Å². The Labute approximate surface area is 118 Å². The lowest BCUT2D eigenvalue weighted by atomic mass is 9.93. The molecule has 1 fully saturated rings. The number of nitrogens with zero attached hydrogens (tertiary/aromatic N) is 2. The normalized spacial score (nSPS) is 18.4. The molecule has 4 heteroatoms. The van der Waals surface area contributed by atoms with Gasteiger partial charge >= 0.3 is 0 Å². The van der Waals surface area contributed by atoms with Crippen molar-refractivity contribution in [2.75, 3.05) is 13.2 Å². The number of aromatic nitrogens is 2. The zero-order chi connectivity index (χ0) is 13.1. The smallest absolute Gasteiger partial charge is 0.0646 e. The molecule has 1 aliphatic rings. The molecule has 0 bridgehead atoms. The summed E-state index contributed by atoms with van der Waals surface area (Å²) in [5.74, 6) is 0.490. The van der Waals surface area contributed by atoms with Crippen molar-refractivity contribution in [2.24, 2.45) is 5.92 Å². The second-order valence-electron chi connectivity index (χ2n) is 4.91. The molecule has 2 heterocycles. The maximum absolute atomic E-state index is 6.58. The van der Waals surface area contributed by atoms with Gasteiger partial charge < -0.3 is 4.74 Å². The summed E-state index contributed by atoms with van der Waals surface area (Å²) < 4.78 is 7.26. The second kappa shape index (κ2) is 5.76. The van der Waals surface area contributed by atoms with E-state index >= 15 is 0 Å². The zero-order valence-corrected chi connectivity index (χ0v) is 11.5. The van der Waals surface area contributed by atoms with Gasteiger partial charge in [0.2, 0.25) is 0 Å². The summed E-state index contributed by atoms with van der Waals surface area (Å²) in [7, 11) is 0. The van der Waals surface area contributed by atoms with Gasteiger partial charge in [-0.3, -0.25) is 0 Å². The van der Waals surface area contributed by atoms with Gasteiger partial charge in [-0.05, 0) is 30.9 Å². The molecule has 1 atom stereocenters. The number of rotatable bonds is 3. The summed E-state index contributed by atoms with van der Waals surface area (Å²) in [6, 6.07) is 10.1. The molecule has 100 valence electrons. The molecule has 1 aliphatic heterocycles. The summed E-state index contributed by atoms with van der Waals surface area (Å²) in [6.07, 6.45) is 5.97. The Kier molecular flexibility index (Phi) is 3.85. The summed E-state index contributed by atoms with van der Waals surface area (Å²) >= 11 is 6.58. The highest BCUT2D eigenvalue weighted by Gasteiger charge is 2.24. The third kappa shape index (κ3) is 2.82. The minimum atomic E-state index is 0.0290. The number of benzene rings is 1. The fraction of sp³-hybridized carbons (Fsp3) is 0.400. The van der Waals surface area contributed by atoms with Gasteiger partial charge in [-0.15, -0.1) is 11.6 Å². The third-order valence-corrected chi connectivity index (χ3v) is 4.23. The van der Waals surface area contributed by atoms with Crippen LogP contribution in [0, 0.1) is 5.92 Å². The quantitative estimate of drug-likeness (QED) is 0.801. The molecule has 1 aromatic heterocycles. The standard InChI is InChI=1S/C15H17ClN2O/c16-15(12-6-8-19-9-7-12)13-10-17-18(11-13)14-4-2-1-3-5-14/h1-5,10-12,15H,6-9H2. The molecule has 0 amide bonds. The minimum absolute atomic E-state index is 0.0290. The molecule has 0 N–H and O–H groups in total. The molecule has 1 aromatic carbocycles. The first-order valence-electron chi connectivity index (χ1n) is 6.66. The molecular weight excluding hydrogens is 260 g/mol. The molecule has 2 aromatic rings. The van der Waals surface area contributed by atoms with Crippen molar-refractivity contribution >= 4 is 11.6 Å². The van der Waals surface area contributed by atoms with Crippen molar-refractivity contribution in [1.82, 2.24) is 9.78 Å².